The van der Waals surface area contributed by atoms with Gasteiger partial charge in [-0.25, -0.2) is 18.0 Å². The second-order valence-corrected chi connectivity index (χ2v) is 10.1. The van der Waals surface area contributed by atoms with Crippen molar-refractivity contribution in [1.82, 2.24) is 5.32 Å². The van der Waals surface area contributed by atoms with Gasteiger partial charge in [-0.3, -0.25) is 0 Å². The van der Waals surface area contributed by atoms with E-state index in [4.69, 9.17) is 4.74 Å². The molecule has 0 spiro atoms. The van der Waals surface area contributed by atoms with Gasteiger partial charge in [0, 0.05) is 5.92 Å². The molecule has 2 N–H and O–H groups in total. The van der Waals surface area contributed by atoms with E-state index in [2.05, 4.69) is 5.32 Å². The lowest BCUT2D eigenvalue weighted by Crippen LogP contribution is -2.48. The Labute approximate surface area is 175 Å². The first-order chi connectivity index (χ1) is 14.4. The molecule has 2 aromatic carbocycles. The molecule has 1 aliphatic heterocycles. The summed E-state index contributed by atoms with van der Waals surface area (Å²) in [6.07, 6.45) is -0.385. The van der Waals surface area contributed by atoms with Crippen LogP contribution in [0.4, 0.5) is 4.79 Å². The first-order valence-electron chi connectivity index (χ1n) is 9.90. The molecule has 0 radical (unpaired) electrons. The summed E-state index contributed by atoms with van der Waals surface area (Å²) in [6, 6.07) is 14.7. The zero-order chi connectivity index (χ0) is 21.3. The van der Waals surface area contributed by atoms with Gasteiger partial charge in [0.25, 0.3) is 0 Å². The first kappa shape index (κ1) is 20.4. The van der Waals surface area contributed by atoms with Crippen LogP contribution in [0.25, 0.3) is 11.1 Å². The molecule has 2 aliphatic rings. The van der Waals surface area contributed by atoms with Crippen LogP contribution in [0.1, 0.15) is 29.9 Å². The minimum absolute atomic E-state index is 0.0617. The van der Waals surface area contributed by atoms with Crippen LogP contribution < -0.4 is 5.32 Å². The molecule has 7 nitrogen and oxygen atoms in total. The van der Waals surface area contributed by atoms with E-state index in [1.54, 1.807) is 0 Å². The fourth-order valence-electron chi connectivity index (χ4n) is 4.39. The Kier molecular flexibility index (Phi) is 5.51. The van der Waals surface area contributed by atoms with Gasteiger partial charge in [0.1, 0.15) is 22.5 Å². The molecule has 0 bridgehead atoms. The van der Waals surface area contributed by atoms with Crippen LogP contribution in [0.15, 0.2) is 48.5 Å². The molecule has 1 aliphatic carbocycles. The molecule has 2 aromatic rings. The second kappa shape index (κ2) is 8.10. The van der Waals surface area contributed by atoms with Crippen molar-refractivity contribution in [2.75, 3.05) is 18.1 Å². The summed E-state index contributed by atoms with van der Waals surface area (Å²) in [5, 5.41) is 12.0. The molecular weight excluding hydrogens is 406 g/mol. The molecule has 1 amide bonds. The van der Waals surface area contributed by atoms with Crippen LogP contribution in [0, 0.1) is 5.92 Å². The number of aliphatic carboxylic acids is 1. The smallest absolute Gasteiger partial charge is 0.407 e. The van der Waals surface area contributed by atoms with Crippen molar-refractivity contribution in [3.63, 3.8) is 0 Å². The highest BCUT2D eigenvalue weighted by Gasteiger charge is 2.35. The van der Waals surface area contributed by atoms with E-state index in [9.17, 15) is 23.1 Å². The van der Waals surface area contributed by atoms with Crippen molar-refractivity contribution < 1.29 is 27.9 Å². The summed E-state index contributed by atoms with van der Waals surface area (Å²) in [6.45, 7) is 0.0885. The van der Waals surface area contributed by atoms with Crippen molar-refractivity contribution in [3.8, 4) is 11.1 Å². The van der Waals surface area contributed by atoms with Gasteiger partial charge in [0.15, 0.2) is 0 Å². The molecule has 158 valence electrons. The highest BCUT2D eigenvalue weighted by molar-refractivity contribution is 7.91. The number of alkyl carbamates (subject to hydrolysis) is 1. The zero-order valence-electron chi connectivity index (χ0n) is 16.3. The van der Waals surface area contributed by atoms with Gasteiger partial charge in [-0.05, 0) is 41.0 Å². The summed E-state index contributed by atoms with van der Waals surface area (Å²) >= 11 is 0. The monoisotopic (exact) mass is 429 g/mol. The Morgan fingerprint density at radius 2 is 1.53 bits per heavy atom. The maximum Gasteiger partial charge on any atom is 0.407 e. The molecule has 1 atom stereocenters. The number of amides is 1. The molecule has 30 heavy (non-hydrogen) atoms. The third-order valence-electron chi connectivity index (χ3n) is 5.95. The number of hydrogen-bond acceptors (Lipinski definition) is 5. The molecule has 1 fully saturated rings. The van der Waals surface area contributed by atoms with Crippen LogP contribution in [0.2, 0.25) is 0 Å². The number of hydrogen-bond donors (Lipinski definition) is 2. The maximum atomic E-state index is 12.4. The summed E-state index contributed by atoms with van der Waals surface area (Å²) in [5.41, 5.74) is 4.35. The number of ether oxygens (including phenoxy) is 1. The first-order valence-corrected chi connectivity index (χ1v) is 11.7. The van der Waals surface area contributed by atoms with Gasteiger partial charge >= 0.3 is 12.1 Å². The number of carbonyl (C=O) groups is 2. The van der Waals surface area contributed by atoms with Crippen molar-refractivity contribution in [2.24, 2.45) is 5.92 Å². The Bertz CT molecular complexity index is 1020. The lowest BCUT2D eigenvalue weighted by atomic mass is 9.94. The predicted molar refractivity (Wildman–Crippen MR) is 111 cm³/mol. The van der Waals surface area contributed by atoms with Crippen molar-refractivity contribution in [2.45, 2.75) is 24.8 Å². The number of benzene rings is 2. The van der Waals surface area contributed by atoms with Crippen LogP contribution in [0.3, 0.4) is 0 Å². The van der Waals surface area contributed by atoms with E-state index in [1.165, 1.54) is 0 Å². The van der Waals surface area contributed by atoms with Gasteiger partial charge in [-0.15, -0.1) is 0 Å². The molecule has 8 heteroatoms. The van der Waals surface area contributed by atoms with Crippen LogP contribution >= 0.6 is 0 Å². The molecule has 0 unspecified atom stereocenters. The number of fused-ring (bicyclic) bond motifs is 3. The number of rotatable bonds is 5. The highest BCUT2D eigenvalue weighted by atomic mass is 32.2. The summed E-state index contributed by atoms with van der Waals surface area (Å²) in [5.74, 6) is -1.87. The number of carboxylic acids is 1. The Balaban J connectivity index is 1.43. The number of sulfone groups is 1. The lowest BCUT2D eigenvalue weighted by molar-refractivity contribution is -0.141. The molecule has 0 saturated carbocycles. The number of carboxylic acid groups (broad SMARTS) is 1. The molecule has 1 heterocycles. The number of nitrogens with one attached hydrogen (secondary N) is 1. The maximum absolute atomic E-state index is 12.4. The lowest BCUT2D eigenvalue weighted by Gasteiger charge is -2.27. The normalized spacial score (nSPS) is 18.8. The number of carbonyl (C=O) groups excluding carboxylic acids is 1. The minimum atomic E-state index is -3.12. The van der Waals surface area contributed by atoms with E-state index < -0.39 is 33.9 Å². The average molecular weight is 429 g/mol. The van der Waals surface area contributed by atoms with Gasteiger partial charge < -0.3 is 15.2 Å². The van der Waals surface area contributed by atoms with Crippen LogP contribution in [-0.4, -0.2) is 49.7 Å². The van der Waals surface area contributed by atoms with E-state index in [1.807, 2.05) is 48.5 Å². The fraction of sp³-hybridized carbons (Fsp3) is 0.364. The molecule has 4 rings (SSSR count). The molecule has 1 saturated heterocycles. The van der Waals surface area contributed by atoms with Gasteiger partial charge in [-0.1, -0.05) is 48.5 Å². The quantitative estimate of drug-likeness (QED) is 0.756. The molecular formula is C22H23NO6S. The van der Waals surface area contributed by atoms with Crippen LogP contribution in [0.5, 0.6) is 0 Å². The van der Waals surface area contributed by atoms with Crippen LogP contribution in [-0.2, 0) is 19.4 Å². The van der Waals surface area contributed by atoms with E-state index in [0.717, 1.165) is 22.3 Å². The Morgan fingerprint density at radius 1 is 1.00 bits per heavy atom. The zero-order valence-corrected chi connectivity index (χ0v) is 17.1. The SMILES string of the molecule is O=C(N[C@H](C(=O)O)C1CCS(=O)(=O)CC1)OCC1c2ccccc2-c2ccccc21. The highest BCUT2D eigenvalue weighted by Crippen LogP contribution is 2.44. The second-order valence-electron chi connectivity index (χ2n) is 7.78. The third kappa shape index (κ3) is 4.05. The van der Waals surface area contributed by atoms with Gasteiger partial charge in [0.2, 0.25) is 0 Å². The summed E-state index contributed by atoms with van der Waals surface area (Å²) < 4.78 is 28.6. The third-order valence-corrected chi connectivity index (χ3v) is 7.67. The van der Waals surface area contributed by atoms with E-state index in [0.29, 0.717) is 0 Å². The predicted octanol–water partition coefficient (Wildman–Crippen LogP) is 2.80. The minimum Gasteiger partial charge on any atom is -0.480 e. The average Bonchev–Trinajstić information content (AvgIpc) is 3.04. The van der Waals surface area contributed by atoms with E-state index >= 15 is 0 Å². The van der Waals surface area contributed by atoms with E-state index in [-0.39, 0.29) is 36.9 Å². The topological polar surface area (TPSA) is 110 Å². The van der Waals surface area contributed by atoms with Gasteiger partial charge in [0.05, 0.1) is 11.5 Å². The van der Waals surface area contributed by atoms with Crippen molar-refractivity contribution in [1.29, 1.82) is 0 Å². The van der Waals surface area contributed by atoms with Gasteiger partial charge in [-0.2, -0.15) is 0 Å². The molecule has 0 aromatic heterocycles. The van der Waals surface area contributed by atoms with Crippen molar-refractivity contribution in [3.05, 3.63) is 59.7 Å². The Hall–Kier alpha value is -2.87. The summed E-state index contributed by atoms with van der Waals surface area (Å²) in [7, 11) is -3.12. The summed E-state index contributed by atoms with van der Waals surface area (Å²) in [4.78, 5) is 24.1. The largest absolute Gasteiger partial charge is 0.480 e. The fourth-order valence-corrected chi connectivity index (χ4v) is 5.92. The van der Waals surface area contributed by atoms with Crippen molar-refractivity contribution >= 4 is 21.9 Å². The Morgan fingerprint density at radius 3 is 2.07 bits per heavy atom. The standard InChI is InChI=1S/C22H23NO6S/c24-21(25)20(14-9-11-30(27,28)12-10-14)23-22(26)29-13-19-17-7-3-1-5-15(17)16-6-2-4-8-18(16)19/h1-8,14,19-20H,9-13H2,(H,23,26)(H,24,25)/t20-/m0/s1.